The fraction of sp³-hybridized carbons (Fsp3) is 0.800. The van der Waals surface area contributed by atoms with Gasteiger partial charge < -0.3 is 5.32 Å². The van der Waals surface area contributed by atoms with E-state index in [0.717, 1.165) is 29.4 Å². The smallest absolute Gasteiger partial charge is 0.205 e. The van der Waals surface area contributed by atoms with E-state index in [1.807, 2.05) is 0 Å². The van der Waals surface area contributed by atoms with E-state index in [9.17, 15) is 0 Å². The van der Waals surface area contributed by atoms with E-state index in [2.05, 4.69) is 22.4 Å². The third-order valence-corrected chi connectivity index (χ3v) is 4.20. The van der Waals surface area contributed by atoms with Crippen molar-refractivity contribution in [2.75, 3.05) is 11.9 Å². The molecule has 0 spiro atoms. The average molecular weight is 209 g/mol. The maximum Gasteiger partial charge on any atom is 0.205 e. The van der Waals surface area contributed by atoms with Gasteiger partial charge in [0.25, 0.3) is 0 Å². The first-order chi connectivity index (χ1) is 6.83. The van der Waals surface area contributed by atoms with Crippen molar-refractivity contribution in [1.29, 1.82) is 0 Å². The molecule has 1 N–H and O–H groups in total. The molecule has 76 valence electrons. The van der Waals surface area contributed by atoms with Crippen molar-refractivity contribution in [2.45, 2.75) is 32.1 Å². The maximum absolute atomic E-state index is 4.20. The number of aromatic nitrogens is 2. The summed E-state index contributed by atoms with van der Waals surface area (Å²) >= 11 is 1.74. The lowest BCUT2D eigenvalue weighted by Crippen LogP contribution is -2.03. The second kappa shape index (κ2) is 3.19. The summed E-state index contributed by atoms with van der Waals surface area (Å²) in [6.07, 6.45) is 4.00. The van der Waals surface area contributed by atoms with Crippen LogP contribution in [0.25, 0.3) is 0 Å². The minimum atomic E-state index is 0.739. The summed E-state index contributed by atoms with van der Waals surface area (Å²) in [5.74, 6) is 2.53. The predicted octanol–water partition coefficient (Wildman–Crippen LogP) is 2.48. The molecule has 0 bridgehead atoms. The molecule has 2 atom stereocenters. The van der Waals surface area contributed by atoms with Gasteiger partial charge in [-0.2, -0.15) is 0 Å². The maximum atomic E-state index is 4.20. The van der Waals surface area contributed by atoms with E-state index in [0.29, 0.717) is 0 Å². The van der Waals surface area contributed by atoms with Crippen molar-refractivity contribution in [1.82, 2.24) is 10.2 Å². The largest absolute Gasteiger partial charge is 0.360 e. The number of hydrogen-bond acceptors (Lipinski definition) is 4. The minimum absolute atomic E-state index is 0.739. The summed E-state index contributed by atoms with van der Waals surface area (Å²) in [5, 5.41) is 14.0. The van der Waals surface area contributed by atoms with E-state index < -0.39 is 0 Å². The number of hydrogen-bond donors (Lipinski definition) is 1. The molecular weight excluding hydrogens is 194 g/mol. The van der Waals surface area contributed by atoms with Gasteiger partial charge in [0, 0.05) is 12.5 Å². The molecular formula is C10H15N3S. The van der Waals surface area contributed by atoms with E-state index >= 15 is 0 Å². The zero-order valence-electron chi connectivity index (χ0n) is 8.36. The van der Waals surface area contributed by atoms with Gasteiger partial charge in [-0.3, -0.25) is 0 Å². The van der Waals surface area contributed by atoms with Crippen molar-refractivity contribution in [2.24, 2.45) is 11.8 Å². The van der Waals surface area contributed by atoms with Gasteiger partial charge in [0.1, 0.15) is 5.01 Å². The molecule has 3 nitrogen and oxygen atoms in total. The molecule has 2 fully saturated rings. The Hall–Kier alpha value is -0.640. The highest BCUT2D eigenvalue weighted by molar-refractivity contribution is 7.15. The fourth-order valence-corrected chi connectivity index (χ4v) is 2.62. The molecule has 2 saturated carbocycles. The molecule has 2 aliphatic rings. The fourth-order valence-electron chi connectivity index (χ4n) is 1.70. The normalized spacial score (nSPS) is 30.4. The number of nitrogens with one attached hydrogen (secondary N) is 1. The Labute approximate surface area is 87.9 Å². The second-order valence-electron chi connectivity index (χ2n) is 4.57. The van der Waals surface area contributed by atoms with Gasteiger partial charge in [0.15, 0.2) is 0 Å². The summed E-state index contributed by atoms with van der Waals surface area (Å²) in [7, 11) is 0. The van der Waals surface area contributed by atoms with E-state index in [-0.39, 0.29) is 0 Å². The second-order valence-corrected chi connectivity index (χ2v) is 5.58. The molecule has 0 saturated heterocycles. The van der Waals surface area contributed by atoms with Gasteiger partial charge >= 0.3 is 0 Å². The Morgan fingerprint density at radius 2 is 2.21 bits per heavy atom. The Morgan fingerprint density at radius 1 is 1.43 bits per heavy atom. The molecule has 0 aliphatic heterocycles. The molecule has 14 heavy (non-hydrogen) atoms. The molecule has 1 heterocycles. The summed E-state index contributed by atoms with van der Waals surface area (Å²) in [4.78, 5) is 0. The van der Waals surface area contributed by atoms with Gasteiger partial charge in [-0.1, -0.05) is 18.3 Å². The van der Waals surface area contributed by atoms with Crippen LogP contribution in [-0.2, 0) is 0 Å². The van der Waals surface area contributed by atoms with Crippen LogP contribution in [0.5, 0.6) is 0 Å². The number of nitrogens with zero attached hydrogens (tertiary/aromatic N) is 2. The van der Waals surface area contributed by atoms with E-state index in [4.69, 9.17) is 0 Å². The van der Waals surface area contributed by atoms with Crippen molar-refractivity contribution in [3.63, 3.8) is 0 Å². The topological polar surface area (TPSA) is 37.8 Å². The van der Waals surface area contributed by atoms with Crippen LogP contribution in [0.15, 0.2) is 0 Å². The summed E-state index contributed by atoms with van der Waals surface area (Å²) in [5.41, 5.74) is 0. The first-order valence-electron chi connectivity index (χ1n) is 5.40. The van der Waals surface area contributed by atoms with Crippen molar-refractivity contribution >= 4 is 16.5 Å². The SMILES string of the molecule is CC1CC1CNc1nnc(C2CC2)s1. The number of rotatable bonds is 4. The van der Waals surface area contributed by atoms with Crippen LogP contribution in [0.1, 0.15) is 37.1 Å². The zero-order chi connectivity index (χ0) is 9.54. The standard InChI is InChI=1S/C10H15N3S/c1-6-4-8(6)5-11-10-13-12-9(14-10)7-2-3-7/h6-8H,2-5H2,1H3,(H,11,13). The highest BCUT2D eigenvalue weighted by Crippen LogP contribution is 2.42. The van der Waals surface area contributed by atoms with Gasteiger partial charge in [0.2, 0.25) is 5.13 Å². The van der Waals surface area contributed by atoms with Crippen molar-refractivity contribution in [3.8, 4) is 0 Å². The summed E-state index contributed by atoms with van der Waals surface area (Å²) in [6, 6.07) is 0. The molecule has 0 aromatic carbocycles. The molecule has 1 aromatic heterocycles. The average Bonchev–Trinajstić information content (AvgIpc) is 3.08. The van der Waals surface area contributed by atoms with Gasteiger partial charge in [-0.15, -0.1) is 10.2 Å². The van der Waals surface area contributed by atoms with Crippen LogP contribution in [0.4, 0.5) is 5.13 Å². The van der Waals surface area contributed by atoms with Gasteiger partial charge in [-0.25, -0.2) is 0 Å². The molecule has 4 heteroatoms. The lowest BCUT2D eigenvalue weighted by Gasteiger charge is -1.98. The Bertz CT molecular complexity index is 332. The van der Waals surface area contributed by atoms with E-state index in [1.54, 1.807) is 11.3 Å². The quantitative estimate of drug-likeness (QED) is 0.828. The molecule has 1 aromatic rings. The first kappa shape index (κ1) is 8.65. The highest BCUT2D eigenvalue weighted by Gasteiger charge is 2.32. The third kappa shape index (κ3) is 1.75. The van der Waals surface area contributed by atoms with Crippen LogP contribution in [0.3, 0.4) is 0 Å². The van der Waals surface area contributed by atoms with Crippen LogP contribution in [-0.4, -0.2) is 16.7 Å². The molecule has 3 rings (SSSR count). The Morgan fingerprint density at radius 3 is 2.86 bits per heavy atom. The Kier molecular flexibility index (Phi) is 1.97. The highest BCUT2D eigenvalue weighted by atomic mass is 32.1. The minimum Gasteiger partial charge on any atom is -0.360 e. The molecule has 2 aliphatic carbocycles. The predicted molar refractivity (Wildman–Crippen MR) is 57.6 cm³/mol. The molecule has 0 radical (unpaired) electrons. The van der Waals surface area contributed by atoms with Crippen molar-refractivity contribution in [3.05, 3.63) is 5.01 Å². The lowest BCUT2D eigenvalue weighted by molar-refractivity contribution is 0.784. The van der Waals surface area contributed by atoms with Crippen LogP contribution in [0.2, 0.25) is 0 Å². The lowest BCUT2D eigenvalue weighted by atomic mass is 10.3. The summed E-state index contributed by atoms with van der Waals surface area (Å²) < 4.78 is 0. The van der Waals surface area contributed by atoms with Crippen LogP contribution in [0, 0.1) is 11.8 Å². The van der Waals surface area contributed by atoms with Gasteiger partial charge in [-0.05, 0) is 31.1 Å². The van der Waals surface area contributed by atoms with Gasteiger partial charge in [0.05, 0.1) is 0 Å². The molecule has 0 amide bonds. The Balaban J connectivity index is 1.54. The number of anilines is 1. The zero-order valence-corrected chi connectivity index (χ0v) is 9.18. The van der Waals surface area contributed by atoms with Crippen molar-refractivity contribution < 1.29 is 0 Å². The van der Waals surface area contributed by atoms with Crippen LogP contribution < -0.4 is 5.32 Å². The van der Waals surface area contributed by atoms with E-state index in [1.165, 1.54) is 24.3 Å². The third-order valence-electron chi connectivity index (χ3n) is 3.16. The summed E-state index contributed by atoms with van der Waals surface area (Å²) in [6.45, 7) is 3.39. The van der Waals surface area contributed by atoms with Crippen LogP contribution >= 0.6 is 11.3 Å². The molecule has 2 unspecified atom stereocenters. The first-order valence-corrected chi connectivity index (χ1v) is 6.22. The monoisotopic (exact) mass is 209 g/mol.